The number of hydrogen-bond donors (Lipinski definition) is 3. The summed E-state index contributed by atoms with van der Waals surface area (Å²) in [5.74, 6) is 1.41. The van der Waals surface area contributed by atoms with Crippen LogP contribution in [0.1, 0.15) is 50.1 Å². The standard InChI is InChI=1S/C18H23ClN6O/c1-20-17(26)11-4-6-12(7-5-11)22-18-21-9-13(19)16(23-18)15-8-14(24-25-15)10-2-3-10/h8-12H,2-7H2,1H3,(H,20,26)(H,24,25)(H,21,22,23)/t11-,12-. The number of carbonyl (C=O) groups is 1. The molecule has 7 nitrogen and oxygen atoms in total. The number of nitrogens with zero attached hydrogens (tertiary/aromatic N) is 3. The Bertz CT molecular complexity index is 795. The van der Waals surface area contributed by atoms with Gasteiger partial charge in [-0.1, -0.05) is 11.6 Å². The molecule has 0 bridgehead atoms. The van der Waals surface area contributed by atoms with Crippen LogP contribution in [0.15, 0.2) is 12.3 Å². The lowest BCUT2D eigenvalue weighted by Gasteiger charge is -2.28. The number of amides is 1. The van der Waals surface area contributed by atoms with Crippen LogP contribution in [-0.2, 0) is 4.79 Å². The number of aromatic amines is 1. The summed E-state index contributed by atoms with van der Waals surface area (Å²) in [6, 6.07) is 2.30. The zero-order valence-corrected chi connectivity index (χ0v) is 15.5. The number of halogens is 1. The van der Waals surface area contributed by atoms with Crippen LogP contribution in [0.2, 0.25) is 5.02 Å². The smallest absolute Gasteiger partial charge is 0.223 e. The van der Waals surface area contributed by atoms with Crippen LogP contribution in [0.4, 0.5) is 5.95 Å². The Kier molecular flexibility index (Phi) is 4.80. The molecule has 0 atom stereocenters. The molecule has 0 aromatic carbocycles. The van der Waals surface area contributed by atoms with Gasteiger partial charge in [0.25, 0.3) is 0 Å². The van der Waals surface area contributed by atoms with E-state index in [2.05, 4.69) is 30.8 Å². The highest BCUT2D eigenvalue weighted by atomic mass is 35.5. The number of rotatable bonds is 5. The lowest BCUT2D eigenvalue weighted by molar-refractivity contribution is -0.125. The maximum atomic E-state index is 11.7. The molecule has 0 aliphatic heterocycles. The highest BCUT2D eigenvalue weighted by molar-refractivity contribution is 6.32. The van der Waals surface area contributed by atoms with Gasteiger partial charge in [0.2, 0.25) is 11.9 Å². The summed E-state index contributed by atoms with van der Waals surface area (Å²) in [4.78, 5) is 20.6. The Morgan fingerprint density at radius 1 is 1.23 bits per heavy atom. The minimum Gasteiger partial charge on any atom is -0.359 e. The molecule has 4 rings (SSSR count). The Labute approximate surface area is 157 Å². The summed E-state index contributed by atoms with van der Waals surface area (Å²) < 4.78 is 0. The highest BCUT2D eigenvalue weighted by Gasteiger charge is 2.27. The average Bonchev–Trinajstić information content (AvgIpc) is 3.40. The van der Waals surface area contributed by atoms with Crippen LogP contribution in [-0.4, -0.2) is 39.2 Å². The number of carbonyl (C=O) groups excluding carboxylic acids is 1. The molecule has 138 valence electrons. The third-order valence-electron chi connectivity index (χ3n) is 5.28. The van der Waals surface area contributed by atoms with Gasteiger partial charge < -0.3 is 10.6 Å². The minimum absolute atomic E-state index is 0.115. The second kappa shape index (κ2) is 7.23. The van der Waals surface area contributed by atoms with E-state index in [4.69, 9.17) is 11.6 Å². The Balaban J connectivity index is 1.44. The lowest BCUT2D eigenvalue weighted by atomic mass is 9.85. The summed E-state index contributed by atoms with van der Waals surface area (Å²) >= 11 is 6.30. The van der Waals surface area contributed by atoms with Gasteiger partial charge in [0, 0.05) is 30.6 Å². The van der Waals surface area contributed by atoms with E-state index in [0.717, 1.165) is 37.1 Å². The lowest BCUT2D eigenvalue weighted by Crippen LogP contribution is -2.34. The van der Waals surface area contributed by atoms with Crippen LogP contribution in [0, 0.1) is 5.92 Å². The predicted octanol–water partition coefficient (Wildman–Crippen LogP) is 3.11. The highest BCUT2D eigenvalue weighted by Crippen LogP contribution is 2.40. The minimum atomic E-state index is 0.115. The second-order valence-corrected chi connectivity index (χ2v) is 7.59. The molecule has 0 radical (unpaired) electrons. The molecule has 3 N–H and O–H groups in total. The fourth-order valence-electron chi connectivity index (χ4n) is 3.56. The topological polar surface area (TPSA) is 95.6 Å². The molecule has 2 aliphatic rings. The van der Waals surface area contributed by atoms with Crippen molar-refractivity contribution in [2.24, 2.45) is 5.92 Å². The van der Waals surface area contributed by atoms with Gasteiger partial charge in [0.15, 0.2) is 0 Å². The van der Waals surface area contributed by atoms with Crippen LogP contribution >= 0.6 is 11.6 Å². The zero-order valence-electron chi connectivity index (χ0n) is 14.8. The van der Waals surface area contributed by atoms with Gasteiger partial charge in [0.1, 0.15) is 11.4 Å². The first kappa shape index (κ1) is 17.3. The van der Waals surface area contributed by atoms with E-state index in [1.807, 2.05) is 6.07 Å². The Hall–Kier alpha value is -2.15. The van der Waals surface area contributed by atoms with Gasteiger partial charge in [-0.15, -0.1) is 0 Å². The second-order valence-electron chi connectivity index (χ2n) is 7.18. The number of nitrogens with one attached hydrogen (secondary N) is 3. The van der Waals surface area contributed by atoms with Crippen LogP contribution in [0.5, 0.6) is 0 Å². The van der Waals surface area contributed by atoms with E-state index < -0.39 is 0 Å². The van der Waals surface area contributed by atoms with Crippen molar-refractivity contribution in [2.75, 3.05) is 12.4 Å². The molecular weight excluding hydrogens is 352 g/mol. The average molecular weight is 375 g/mol. The monoisotopic (exact) mass is 374 g/mol. The summed E-state index contributed by atoms with van der Waals surface area (Å²) in [6.07, 6.45) is 7.65. The largest absolute Gasteiger partial charge is 0.359 e. The van der Waals surface area contributed by atoms with E-state index >= 15 is 0 Å². The van der Waals surface area contributed by atoms with Gasteiger partial charge in [-0.25, -0.2) is 9.97 Å². The Morgan fingerprint density at radius 2 is 2.00 bits per heavy atom. The van der Waals surface area contributed by atoms with Crippen molar-refractivity contribution in [1.29, 1.82) is 0 Å². The quantitative estimate of drug-likeness (QED) is 0.747. The molecular formula is C18H23ClN6O. The fourth-order valence-corrected chi connectivity index (χ4v) is 3.75. The number of hydrogen-bond acceptors (Lipinski definition) is 5. The van der Waals surface area contributed by atoms with E-state index in [0.29, 0.717) is 22.6 Å². The summed E-state index contributed by atoms with van der Waals surface area (Å²) in [5, 5.41) is 14.1. The van der Waals surface area contributed by atoms with E-state index in [-0.39, 0.29) is 17.9 Å². The van der Waals surface area contributed by atoms with Crippen LogP contribution in [0.3, 0.4) is 0 Å². The Morgan fingerprint density at radius 3 is 2.69 bits per heavy atom. The predicted molar refractivity (Wildman–Crippen MR) is 100 cm³/mol. The molecule has 2 aromatic heterocycles. The molecule has 0 unspecified atom stereocenters. The van der Waals surface area contributed by atoms with Crippen molar-refractivity contribution in [1.82, 2.24) is 25.5 Å². The SMILES string of the molecule is CNC(=O)[C@H]1CC[C@H](Nc2ncc(Cl)c(-c3cc(C4CC4)[nH]n3)n2)CC1. The van der Waals surface area contributed by atoms with Crippen LogP contribution < -0.4 is 10.6 Å². The third kappa shape index (κ3) is 3.67. The van der Waals surface area contributed by atoms with Gasteiger partial charge in [-0.05, 0) is 44.6 Å². The summed E-state index contributed by atoms with van der Waals surface area (Å²) in [5.41, 5.74) is 2.55. The van der Waals surface area contributed by atoms with E-state index in [9.17, 15) is 4.79 Å². The number of H-pyrrole nitrogens is 1. The van der Waals surface area contributed by atoms with Crippen molar-refractivity contribution >= 4 is 23.5 Å². The number of anilines is 1. The van der Waals surface area contributed by atoms with Crippen LogP contribution in [0.25, 0.3) is 11.4 Å². The molecule has 2 aromatic rings. The molecule has 1 amide bonds. The molecule has 2 aliphatic carbocycles. The van der Waals surface area contributed by atoms with Gasteiger partial charge in [-0.3, -0.25) is 9.89 Å². The molecule has 0 saturated heterocycles. The number of aromatic nitrogens is 4. The first-order valence-corrected chi connectivity index (χ1v) is 9.58. The zero-order chi connectivity index (χ0) is 18.1. The normalized spacial score (nSPS) is 22.8. The first-order chi connectivity index (χ1) is 12.6. The maximum Gasteiger partial charge on any atom is 0.223 e. The van der Waals surface area contributed by atoms with Crippen molar-refractivity contribution in [3.05, 3.63) is 23.0 Å². The molecule has 2 fully saturated rings. The molecule has 2 heterocycles. The van der Waals surface area contributed by atoms with Gasteiger partial charge in [-0.2, -0.15) is 5.10 Å². The first-order valence-electron chi connectivity index (χ1n) is 9.20. The van der Waals surface area contributed by atoms with E-state index in [1.54, 1.807) is 13.2 Å². The van der Waals surface area contributed by atoms with Gasteiger partial charge >= 0.3 is 0 Å². The van der Waals surface area contributed by atoms with Gasteiger partial charge in [0.05, 0.1) is 11.2 Å². The van der Waals surface area contributed by atoms with Crippen molar-refractivity contribution in [3.8, 4) is 11.4 Å². The van der Waals surface area contributed by atoms with E-state index in [1.165, 1.54) is 12.8 Å². The molecule has 2 saturated carbocycles. The third-order valence-corrected chi connectivity index (χ3v) is 5.56. The van der Waals surface area contributed by atoms with Crippen molar-refractivity contribution in [2.45, 2.75) is 50.5 Å². The summed E-state index contributed by atoms with van der Waals surface area (Å²) in [7, 11) is 1.69. The summed E-state index contributed by atoms with van der Waals surface area (Å²) in [6.45, 7) is 0. The molecule has 8 heteroatoms. The molecule has 0 spiro atoms. The fraction of sp³-hybridized carbons (Fsp3) is 0.556. The molecule has 26 heavy (non-hydrogen) atoms. The van der Waals surface area contributed by atoms with Crippen molar-refractivity contribution < 1.29 is 4.79 Å². The maximum absolute atomic E-state index is 11.7. The van der Waals surface area contributed by atoms with Crippen molar-refractivity contribution in [3.63, 3.8) is 0 Å².